The maximum absolute atomic E-state index is 3.80. The molecule has 0 aliphatic rings. The molecule has 0 saturated carbocycles. The molecule has 0 saturated heterocycles. The summed E-state index contributed by atoms with van der Waals surface area (Å²) in [6.45, 7) is 4.31. The summed E-state index contributed by atoms with van der Waals surface area (Å²) in [5.41, 5.74) is 2.71. The van der Waals surface area contributed by atoms with Gasteiger partial charge in [-0.3, -0.25) is 0 Å². The Morgan fingerprint density at radius 1 is 1.19 bits per heavy atom. The predicted octanol–water partition coefficient (Wildman–Crippen LogP) is 5.45. The Bertz CT molecular complexity index is 504. The van der Waals surface area contributed by atoms with Crippen molar-refractivity contribution in [1.82, 2.24) is 0 Å². The first-order valence-electron chi connectivity index (χ1n) is 5.05. The lowest BCUT2D eigenvalue weighted by atomic mass is 10.1. The first kappa shape index (κ1) is 12.6. The van der Waals surface area contributed by atoms with Gasteiger partial charge in [0.1, 0.15) is 0 Å². The SMILES string of the molecule is Cc1ccc(C(Br)c2cccc(C)c2I)s1. The Morgan fingerprint density at radius 3 is 2.56 bits per heavy atom. The lowest BCUT2D eigenvalue weighted by Gasteiger charge is -2.12. The highest BCUT2D eigenvalue weighted by atomic mass is 127. The minimum Gasteiger partial charge on any atom is -0.144 e. The third-order valence-electron chi connectivity index (χ3n) is 2.51. The third kappa shape index (κ3) is 2.51. The second-order valence-electron chi connectivity index (χ2n) is 3.79. The van der Waals surface area contributed by atoms with Gasteiger partial charge in [0.2, 0.25) is 0 Å². The highest BCUT2D eigenvalue weighted by Gasteiger charge is 2.15. The van der Waals surface area contributed by atoms with Crippen LogP contribution in [0.25, 0.3) is 0 Å². The predicted molar refractivity (Wildman–Crippen MR) is 83.7 cm³/mol. The molecule has 0 spiro atoms. The minimum absolute atomic E-state index is 0.318. The number of hydrogen-bond donors (Lipinski definition) is 0. The summed E-state index contributed by atoms with van der Waals surface area (Å²) < 4.78 is 1.35. The number of rotatable bonds is 2. The van der Waals surface area contributed by atoms with E-state index in [1.165, 1.54) is 24.5 Å². The fourth-order valence-corrected chi connectivity index (χ4v) is 4.40. The first-order chi connectivity index (χ1) is 7.59. The Hall–Kier alpha value is 0.130. The number of hydrogen-bond acceptors (Lipinski definition) is 1. The van der Waals surface area contributed by atoms with Crippen LogP contribution < -0.4 is 0 Å². The summed E-state index contributed by atoms with van der Waals surface area (Å²) in [6, 6.07) is 10.9. The van der Waals surface area contributed by atoms with Gasteiger partial charge in [-0.25, -0.2) is 0 Å². The largest absolute Gasteiger partial charge is 0.144 e. The Balaban J connectivity index is 2.41. The van der Waals surface area contributed by atoms with Gasteiger partial charge in [-0.05, 0) is 59.7 Å². The van der Waals surface area contributed by atoms with Gasteiger partial charge in [-0.15, -0.1) is 11.3 Å². The normalized spacial score (nSPS) is 12.8. The molecule has 3 heteroatoms. The highest BCUT2D eigenvalue weighted by Crippen LogP contribution is 2.37. The van der Waals surface area contributed by atoms with E-state index in [-0.39, 0.29) is 0 Å². The Labute approximate surface area is 122 Å². The van der Waals surface area contributed by atoms with Gasteiger partial charge in [-0.1, -0.05) is 34.1 Å². The van der Waals surface area contributed by atoms with Crippen LogP contribution in [0.15, 0.2) is 30.3 Å². The van der Waals surface area contributed by atoms with Crippen LogP contribution in [0.2, 0.25) is 0 Å². The molecule has 1 atom stereocenters. The smallest absolute Gasteiger partial charge is 0.0748 e. The summed E-state index contributed by atoms with van der Waals surface area (Å²) in [6.07, 6.45) is 0. The molecule has 0 amide bonds. The van der Waals surface area contributed by atoms with Gasteiger partial charge in [0.25, 0.3) is 0 Å². The molecule has 0 aliphatic carbocycles. The van der Waals surface area contributed by atoms with E-state index in [0.29, 0.717) is 4.83 Å². The van der Waals surface area contributed by atoms with Crippen molar-refractivity contribution >= 4 is 49.9 Å². The molecule has 2 aromatic rings. The standard InChI is InChI=1S/C13H12BrIS/c1-8-4-3-5-10(13(8)15)12(14)11-7-6-9(2)16-11/h3-7,12H,1-2H3. The number of alkyl halides is 1. The first-order valence-corrected chi connectivity index (χ1v) is 7.86. The van der Waals surface area contributed by atoms with Crippen LogP contribution in [0.3, 0.4) is 0 Å². The van der Waals surface area contributed by atoms with E-state index in [0.717, 1.165) is 0 Å². The van der Waals surface area contributed by atoms with Crippen molar-refractivity contribution in [3.05, 3.63) is 54.8 Å². The molecule has 0 N–H and O–H groups in total. The van der Waals surface area contributed by atoms with Gasteiger partial charge in [-0.2, -0.15) is 0 Å². The summed E-state index contributed by atoms with van der Waals surface area (Å²) in [5, 5.41) is 0. The number of aryl methyl sites for hydroxylation is 2. The van der Waals surface area contributed by atoms with E-state index in [9.17, 15) is 0 Å². The molecule has 1 aromatic carbocycles. The van der Waals surface area contributed by atoms with Gasteiger partial charge >= 0.3 is 0 Å². The topological polar surface area (TPSA) is 0 Å². The average Bonchev–Trinajstić information content (AvgIpc) is 2.68. The van der Waals surface area contributed by atoms with Crippen LogP contribution in [-0.2, 0) is 0 Å². The quantitative estimate of drug-likeness (QED) is 0.459. The van der Waals surface area contributed by atoms with Crippen LogP contribution in [0.4, 0.5) is 0 Å². The fourth-order valence-electron chi connectivity index (χ4n) is 1.61. The summed E-state index contributed by atoms with van der Waals surface area (Å²) in [7, 11) is 0. The second-order valence-corrected chi connectivity index (χ2v) is 7.10. The Kier molecular flexibility index (Phi) is 4.08. The number of benzene rings is 1. The van der Waals surface area contributed by atoms with E-state index >= 15 is 0 Å². The molecule has 1 unspecified atom stereocenters. The van der Waals surface area contributed by atoms with Crippen molar-refractivity contribution in [3.8, 4) is 0 Å². The molecule has 1 aromatic heterocycles. The molecular weight excluding hydrogens is 395 g/mol. The zero-order valence-electron chi connectivity index (χ0n) is 9.13. The van der Waals surface area contributed by atoms with Crippen molar-refractivity contribution in [3.63, 3.8) is 0 Å². The fraction of sp³-hybridized carbons (Fsp3) is 0.231. The molecule has 2 rings (SSSR count). The maximum Gasteiger partial charge on any atom is 0.0748 e. The minimum atomic E-state index is 0.318. The second kappa shape index (κ2) is 5.19. The van der Waals surface area contributed by atoms with E-state index in [4.69, 9.17) is 0 Å². The molecule has 0 radical (unpaired) electrons. The van der Waals surface area contributed by atoms with Crippen LogP contribution >= 0.6 is 49.9 Å². The molecule has 84 valence electrons. The molecular formula is C13H12BrIS. The maximum atomic E-state index is 3.80. The van der Waals surface area contributed by atoms with Crippen LogP contribution in [0, 0.1) is 17.4 Å². The van der Waals surface area contributed by atoms with E-state index in [1.54, 1.807) is 0 Å². The third-order valence-corrected chi connectivity index (χ3v) is 6.33. The highest BCUT2D eigenvalue weighted by molar-refractivity contribution is 14.1. The lowest BCUT2D eigenvalue weighted by molar-refractivity contribution is 1.18. The summed E-state index contributed by atoms with van der Waals surface area (Å²) >= 11 is 8.08. The van der Waals surface area contributed by atoms with Crippen molar-refractivity contribution in [2.75, 3.05) is 0 Å². The van der Waals surface area contributed by atoms with Crippen LogP contribution in [-0.4, -0.2) is 0 Å². The number of halogens is 2. The van der Waals surface area contributed by atoms with E-state index in [2.05, 4.69) is 82.7 Å². The lowest BCUT2D eigenvalue weighted by Crippen LogP contribution is -1.95. The van der Waals surface area contributed by atoms with E-state index in [1.807, 2.05) is 11.3 Å². The van der Waals surface area contributed by atoms with Crippen molar-refractivity contribution < 1.29 is 0 Å². The van der Waals surface area contributed by atoms with Gasteiger partial charge < -0.3 is 0 Å². The average molecular weight is 407 g/mol. The van der Waals surface area contributed by atoms with Gasteiger partial charge in [0, 0.05) is 13.3 Å². The zero-order valence-corrected chi connectivity index (χ0v) is 13.7. The molecule has 16 heavy (non-hydrogen) atoms. The zero-order chi connectivity index (χ0) is 11.7. The van der Waals surface area contributed by atoms with Crippen molar-refractivity contribution in [2.24, 2.45) is 0 Å². The van der Waals surface area contributed by atoms with Crippen molar-refractivity contribution in [1.29, 1.82) is 0 Å². The monoisotopic (exact) mass is 406 g/mol. The molecule has 0 nitrogen and oxygen atoms in total. The van der Waals surface area contributed by atoms with Gasteiger partial charge in [0.05, 0.1) is 4.83 Å². The van der Waals surface area contributed by atoms with E-state index < -0.39 is 0 Å². The molecule has 0 aliphatic heterocycles. The molecule has 0 fully saturated rings. The Morgan fingerprint density at radius 2 is 1.94 bits per heavy atom. The molecule has 1 heterocycles. The number of thiophene rings is 1. The summed E-state index contributed by atoms with van der Waals surface area (Å²) in [4.78, 5) is 3.06. The van der Waals surface area contributed by atoms with Crippen LogP contribution in [0.1, 0.15) is 25.7 Å². The molecule has 0 bridgehead atoms. The van der Waals surface area contributed by atoms with Gasteiger partial charge in [0.15, 0.2) is 0 Å². The summed E-state index contributed by atoms with van der Waals surface area (Å²) in [5.74, 6) is 0. The van der Waals surface area contributed by atoms with Crippen LogP contribution in [0.5, 0.6) is 0 Å². The van der Waals surface area contributed by atoms with Crippen molar-refractivity contribution in [2.45, 2.75) is 18.7 Å².